The highest BCUT2D eigenvalue weighted by molar-refractivity contribution is 6.30. The number of esters is 1. The lowest BCUT2D eigenvalue weighted by Gasteiger charge is -2.44. The molecule has 1 aliphatic carbocycles. The fourth-order valence-corrected chi connectivity index (χ4v) is 6.46. The van der Waals surface area contributed by atoms with Crippen molar-refractivity contribution in [2.45, 2.75) is 89.3 Å². The predicted molar refractivity (Wildman–Crippen MR) is 141 cm³/mol. The summed E-state index contributed by atoms with van der Waals surface area (Å²) in [4.78, 5) is 22.8. The van der Waals surface area contributed by atoms with Crippen molar-refractivity contribution in [1.82, 2.24) is 9.80 Å². The van der Waals surface area contributed by atoms with E-state index in [1.807, 2.05) is 18.5 Å². The summed E-state index contributed by atoms with van der Waals surface area (Å²) in [7, 11) is 5.87. The maximum absolute atomic E-state index is 13.2. The van der Waals surface area contributed by atoms with E-state index >= 15 is 0 Å². The molecule has 1 aliphatic heterocycles. The number of aliphatic imine (C=N–C) groups is 1. The summed E-state index contributed by atoms with van der Waals surface area (Å²) in [6.07, 6.45) is 11.6. The minimum Gasteiger partial charge on any atom is -0.467 e. The second kappa shape index (κ2) is 12.4. The van der Waals surface area contributed by atoms with Crippen LogP contribution in [0.5, 0.6) is 0 Å². The second-order valence-corrected chi connectivity index (χ2v) is 10.9. The summed E-state index contributed by atoms with van der Waals surface area (Å²) in [6, 6.07) is 8.82. The summed E-state index contributed by atoms with van der Waals surface area (Å²) in [5, 5.41) is 0.782. The van der Waals surface area contributed by atoms with Gasteiger partial charge in [0.2, 0.25) is 0 Å². The summed E-state index contributed by atoms with van der Waals surface area (Å²) in [5.74, 6) is 0.872. The van der Waals surface area contributed by atoms with E-state index in [1.165, 1.54) is 12.7 Å². The molecule has 1 aromatic rings. The van der Waals surface area contributed by atoms with E-state index in [-0.39, 0.29) is 12.0 Å². The Bertz CT molecular complexity index is 804. The zero-order valence-corrected chi connectivity index (χ0v) is 22.6. The van der Waals surface area contributed by atoms with Crippen molar-refractivity contribution in [3.8, 4) is 0 Å². The third-order valence-corrected chi connectivity index (χ3v) is 8.23. The fourth-order valence-electron chi connectivity index (χ4n) is 6.34. The molecule has 34 heavy (non-hydrogen) atoms. The molecule has 0 bridgehead atoms. The van der Waals surface area contributed by atoms with Gasteiger partial charge in [-0.1, -0.05) is 56.8 Å². The van der Waals surface area contributed by atoms with Crippen molar-refractivity contribution in [1.29, 1.82) is 0 Å². The minimum atomic E-state index is -0.757. The molecular formula is C28H44ClN3O2. The van der Waals surface area contributed by atoms with Gasteiger partial charge in [0.05, 0.1) is 19.5 Å². The lowest BCUT2D eigenvalue weighted by molar-refractivity contribution is -0.150. The van der Waals surface area contributed by atoms with Gasteiger partial charge < -0.3 is 14.5 Å². The number of halogens is 1. The Morgan fingerprint density at radius 3 is 2.35 bits per heavy atom. The van der Waals surface area contributed by atoms with Gasteiger partial charge in [0.1, 0.15) is 0 Å². The number of carbonyl (C=O) groups is 1. The van der Waals surface area contributed by atoms with Gasteiger partial charge in [-0.05, 0) is 82.2 Å². The molecule has 3 rings (SSSR count). The molecule has 6 heteroatoms. The van der Waals surface area contributed by atoms with Crippen LogP contribution in [-0.2, 0) is 9.53 Å². The van der Waals surface area contributed by atoms with Gasteiger partial charge >= 0.3 is 5.97 Å². The van der Waals surface area contributed by atoms with Gasteiger partial charge in [-0.3, -0.25) is 4.99 Å². The first-order valence-electron chi connectivity index (χ1n) is 13.2. The molecule has 0 radical (unpaired) electrons. The average molecular weight is 490 g/mol. The van der Waals surface area contributed by atoms with Crippen LogP contribution >= 0.6 is 11.6 Å². The molecule has 3 atom stereocenters. The molecule has 3 unspecified atom stereocenters. The number of rotatable bonds is 11. The van der Waals surface area contributed by atoms with E-state index in [0.717, 1.165) is 69.4 Å². The average Bonchev–Trinajstić information content (AvgIpc) is 3.21. The Morgan fingerprint density at radius 2 is 1.79 bits per heavy atom. The number of ether oxygens (including phenoxy) is 1. The monoisotopic (exact) mass is 489 g/mol. The highest BCUT2D eigenvalue weighted by Crippen LogP contribution is 2.46. The number of carbonyl (C=O) groups excluding carboxylic acids is 1. The van der Waals surface area contributed by atoms with Gasteiger partial charge in [-0.2, -0.15) is 0 Å². The molecule has 1 fully saturated rings. The van der Waals surface area contributed by atoms with E-state index in [0.29, 0.717) is 17.9 Å². The zero-order valence-electron chi connectivity index (χ0n) is 21.8. The molecule has 1 heterocycles. The molecule has 0 amide bonds. The normalized spacial score (nSPS) is 27.9. The number of nitrogens with zero attached hydrogens (tertiary/aromatic N) is 3. The molecule has 1 saturated carbocycles. The third-order valence-electron chi connectivity index (χ3n) is 7.98. The van der Waals surface area contributed by atoms with Crippen LogP contribution in [0.15, 0.2) is 29.3 Å². The topological polar surface area (TPSA) is 45.1 Å². The predicted octanol–water partition coefficient (Wildman–Crippen LogP) is 6.36. The van der Waals surface area contributed by atoms with Gasteiger partial charge in [0, 0.05) is 17.6 Å². The van der Waals surface area contributed by atoms with E-state index in [4.69, 9.17) is 21.3 Å². The van der Waals surface area contributed by atoms with Crippen LogP contribution in [0.3, 0.4) is 0 Å². The fraction of sp³-hybridized carbons (Fsp3) is 0.714. The lowest BCUT2D eigenvalue weighted by Crippen LogP contribution is -2.56. The van der Waals surface area contributed by atoms with Crippen LogP contribution in [-0.4, -0.2) is 61.4 Å². The van der Waals surface area contributed by atoms with Crippen molar-refractivity contribution in [2.24, 2.45) is 16.8 Å². The van der Waals surface area contributed by atoms with Gasteiger partial charge in [0.25, 0.3) is 0 Å². The number of hydrogen-bond acceptors (Lipinski definition) is 5. The largest absolute Gasteiger partial charge is 0.467 e. The summed E-state index contributed by atoms with van der Waals surface area (Å²) >= 11 is 6.16. The molecule has 1 aromatic carbocycles. The Morgan fingerprint density at radius 1 is 1.15 bits per heavy atom. The number of benzene rings is 1. The first-order valence-corrected chi connectivity index (χ1v) is 13.6. The van der Waals surface area contributed by atoms with Crippen LogP contribution in [0, 0.1) is 11.8 Å². The van der Waals surface area contributed by atoms with Crippen LogP contribution in [0.1, 0.15) is 83.2 Å². The Balaban J connectivity index is 1.81. The van der Waals surface area contributed by atoms with E-state index < -0.39 is 5.54 Å². The lowest BCUT2D eigenvalue weighted by atomic mass is 9.69. The number of unbranched alkanes of at least 4 members (excludes halogenated alkanes) is 2. The van der Waals surface area contributed by atoms with Crippen LogP contribution < -0.4 is 0 Å². The van der Waals surface area contributed by atoms with Gasteiger partial charge in [0.15, 0.2) is 5.54 Å². The molecular weight excluding hydrogens is 446 g/mol. The SMILES string of the molecule is CCCCN1C=NC(CCCC)(C(=O)OC)C1C1CCC(C(c2ccc(Cl)cc2)N(C)C)CC1. The van der Waals surface area contributed by atoms with Crippen molar-refractivity contribution in [3.05, 3.63) is 34.9 Å². The van der Waals surface area contributed by atoms with Crippen LogP contribution in [0.2, 0.25) is 5.02 Å². The molecule has 0 spiro atoms. The number of methoxy groups -OCH3 is 1. The zero-order chi connectivity index (χ0) is 24.7. The van der Waals surface area contributed by atoms with Crippen molar-refractivity contribution in [3.63, 3.8) is 0 Å². The molecule has 190 valence electrons. The summed E-state index contributed by atoms with van der Waals surface area (Å²) in [6.45, 7) is 5.35. The Hall–Kier alpha value is -1.59. The maximum Gasteiger partial charge on any atom is 0.335 e. The Labute approximate surface area is 211 Å². The first kappa shape index (κ1) is 27.0. The standard InChI is InChI=1S/C28H44ClN3O2/c1-6-8-18-28(27(33)34-5)26(32(20-30-28)19-9-7-2)23-12-10-21(11-13-23)25(31(3)4)22-14-16-24(29)17-15-22/h14-17,20-21,23,25-26H,6-13,18-19H2,1-5H3. The number of hydrogen-bond donors (Lipinski definition) is 0. The molecule has 0 aromatic heterocycles. The highest BCUT2D eigenvalue weighted by atomic mass is 35.5. The van der Waals surface area contributed by atoms with Crippen molar-refractivity contribution >= 4 is 23.9 Å². The maximum atomic E-state index is 13.2. The quantitative estimate of drug-likeness (QED) is 0.339. The first-order chi connectivity index (χ1) is 16.4. The van der Waals surface area contributed by atoms with Crippen molar-refractivity contribution < 1.29 is 9.53 Å². The highest BCUT2D eigenvalue weighted by Gasteiger charge is 2.55. The second-order valence-electron chi connectivity index (χ2n) is 10.4. The minimum absolute atomic E-state index is 0.104. The summed E-state index contributed by atoms with van der Waals surface area (Å²) < 4.78 is 5.37. The summed E-state index contributed by atoms with van der Waals surface area (Å²) in [5.41, 5.74) is 0.575. The smallest absolute Gasteiger partial charge is 0.335 e. The Kier molecular flexibility index (Phi) is 9.84. The van der Waals surface area contributed by atoms with Crippen molar-refractivity contribution in [2.75, 3.05) is 27.7 Å². The van der Waals surface area contributed by atoms with E-state index in [9.17, 15) is 4.79 Å². The molecule has 0 saturated heterocycles. The van der Waals surface area contributed by atoms with E-state index in [2.05, 4.69) is 49.9 Å². The molecule has 0 N–H and O–H groups in total. The molecule has 2 aliphatic rings. The van der Waals surface area contributed by atoms with Crippen LogP contribution in [0.25, 0.3) is 0 Å². The van der Waals surface area contributed by atoms with E-state index in [1.54, 1.807) is 0 Å². The van der Waals surface area contributed by atoms with Gasteiger partial charge in [-0.15, -0.1) is 0 Å². The van der Waals surface area contributed by atoms with Gasteiger partial charge in [-0.25, -0.2) is 4.79 Å². The third kappa shape index (κ3) is 5.79. The van der Waals surface area contributed by atoms with Crippen LogP contribution in [0.4, 0.5) is 0 Å². The molecule has 5 nitrogen and oxygen atoms in total.